The van der Waals surface area contributed by atoms with Crippen LogP contribution in [0.5, 0.6) is 0 Å². The minimum absolute atomic E-state index is 0.747. The van der Waals surface area contributed by atoms with Gasteiger partial charge in [-0.15, -0.1) is 0 Å². The van der Waals surface area contributed by atoms with Gasteiger partial charge in [0.25, 0.3) is 0 Å². The quantitative estimate of drug-likeness (QED) is 0.915. The molecule has 1 saturated carbocycles. The van der Waals surface area contributed by atoms with Gasteiger partial charge < -0.3 is 9.88 Å². The number of aromatic nitrogens is 1. The first-order chi connectivity index (χ1) is 8.25. The lowest BCUT2D eigenvalue weighted by atomic mass is 9.93. The van der Waals surface area contributed by atoms with Gasteiger partial charge in [0.2, 0.25) is 0 Å². The van der Waals surface area contributed by atoms with Crippen LogP contribution in [0.1, 0.15) is 25.0 Å². The van der Waals surface area contributed by atoms with Crippen molar-refractivity contribution >= 4 is 26.8 Å². The van der Waals surface area contributed by atoms with Crippen LogP contribution in [0.2, 0.25) is 0 Å². The van der Waals surface area contributed by atoms with Crippen LogP contribution < -0.4 is 5.32 Å². The molecule has 2 nitrogen and oxygen atoms in total. The second-order valence-electron chi connectivity index (χ2n) is 4.88. The minimum atomic E-state index is 0.747. The van der Waals surface area contributed by atoms with Crippen LogP contribution in [-0.2, 0) is 13.6 Å². The van der Waals surface area contributed by atoms with Gasteiger partial charge in [0.05, 0.1) is 5.52 Å². The summed E-state index contributed by atoms with van der Waals surface area (Å²) in [6, 6.07) is 9.40. The van der Waals surface area contributed by atoms with E-state index in [1.54, 1.807) is 0 Å². The molecule has 2 aromatic rings. The summed E-state index contributed by atoms with van der Waals surface area (Å²) >= 11 is 3.62. The van der Waals surface area contributed by atoms with E-state index < -0.39 is 0 Å². The summed E-state index contributed by atoms with van der Waals surface area (Å²) in [5.41, 5.74) is 2.65. The number of halogens is 1. The van der Waals surface area contributed by atoms with Crippen molar-refractivity contribution in [3.05, 3.63) is 34.4 Å². The van der Waals surface area contributed by atoms with Crippen LogP contribution in [0.4, 0.5) is 0 Å². The fourth-order valence-corrected chi connectivity index (χ4v) is 3.10. The molecule has 3 rings (SSSR count). The molecule has 1 aromatic carbocycles. The number of fused-ring (bicyclic) bond motifs is 1. The average Bonchev–Trinajstić information content (AvgIpc) is 2.55. The molecule has 0 atom stereocenters. The Hall–Kier alpha value is -0.800. The smallest absolute Gasteiger partial charge is 0.0624 e. The monoisotopic (exact) mass is 292 g/mol. The zero-order valence-electron chi connectivity index (χ0n) is 10.0. The summed E-state index contributed by atoms with van der Waals surface area (Å²) in [6.07, 6.45) is 4.07. The normalized spacial score (nSPS) is 16.4. The number of para-hydroxylation sites is 1. The molecule has 90 valence electrons. The third kappa shape index (κ3) is 2.02. The maximum Gasteiger partial charge on any atom is 0.0624 e. The molecule has 1 aliphatic rings. The van der Waals surface area contributed by atoms with Crippen LogP contribution in [0.15, 0.2) is 28.7 Å². The third-order valence-corrected chi connectivity index (χ3v) is 4.42. The standard InChI is InChI=1S/C14H17BrN2/c1-17-12(9-16-11-5-3-6-11)8-10-4-2-7-13(15)14(10)17/h2,4,7-8,11,16H,3,5-6,9H2,1H3. The summed E-state index contributed by atoms with van der Waals surface area (Å²) in [4.78, 5) is 0. The van der Waals surface area contributed by atoms with Crippen molar-refractivity contribution in [3.8, 4) is 0 Å². The number of aryl methyl sites for hydroxylation is 1. The van der Waals surface area contributed by atoms with E-state index in [-0.39, 0.29) is 0 Å². The zero-order valence-corrected chi connectivity index (χ0v) is 11.6. The Labute approximate surface area is 110 Å². The number of hydrogen-bond acceptors (Lipinski definition) is 1. The Kier molecular flexibility index (Phi) is 2.97. The summed E-state index contributed by atoms with van der Waals surface area (Å²) in [6.45, 7) is 0.974. The van der Waals surface area contributed by atoms with Gasteiger partial charge in [-0.3, -0.25) is 0 Å². The Morgan fingerprint density at radius 2 is 2.24 bits per heavy atom. The van der Waals surface area contributed by atoms with Gasteiger partial charge >= 0.3 is 0 Å². The lowest BCUT2D eigenvalue weighted by Crippen LogP contribution is -2.34. The molecule has 1 aliphatic carbocycles. The van der Waals surface area contributed by atoms with Crippen LogP contribution >= 0.6 is 15.9 Å². The topological polar surface area (TPSA) is 17.0 Å². The molecular weight excluding hydrogens is 276 g/mol. The Morgan fingerprint density at radius 1 is 1.41 bits per heavy atom. The second-order valence-corrected chi connectivity index (χ2v) is 5.74. The fraction of sp³-hybridized carbons (Fsp3) is 0.429. The van der Waals surface area contributed by atoms with E-state index in [2.05, 4.69) is 57.1 Å². The Bertz CT molecular complexity index is 540. The largest absolute Gasteiger partial charge is 0.346 e. The van der Waals surface area contributed by atoms with Crippen molar-refractivity contribution in [1.29, 1.82) is 0 Å². The summed E-state index contributed by atoms with van der Waals surface area (Å²) in [7, 11) is 2.14. The molecule has 0 spiro atoms. The number of benzene rings is 1. The Morgan fingerprint density at radius 3 is 2.88 bits per heavy atom. The summed E-state index contributed by atoms with van der Waals surface area (Å²) < 4.78 is 3.46. The van der Waals surface area contributed by atoms with E-state index >= 15 is 0 Å². The lowest BCUT2D eigenvalue weighted by Gasteiger charge is -2.26. The van der Waals surface area contributed by atoms with Gasteiger partial charge in [-0.25, -0.2) is 0 Å². The molecule has 0 aliphatic heterocycles. The highest BCUT2D eigenvalue weighted by molar-refractivity contribution is 9.10. The first-order valence-electron chi connectivity index (χ1n) is 6.22. The van der Waals surface area contributed by atoms with E-state index in [0.29, 0.717) is 0 Å². The molecule has 0 bridgehead atoms. The first-order valence-corrected chi connectivity index (χ1v) is 7.01. The van der Waals surface area contributed by atoms with Gasteiger partial charge in [-0.2, -0.15) is 0 Å². The van der Waals surface area contributed by atoms with Gasteiger partial charge in [-0.1, -0.05) is 18.6 Å². The van der Waals surface area contributed by atoms with Crippen molar-refractivity contribution in [2.75, 3.05) is 0 Å². The van der Waals surface area contributed by atoms with Gasteiger partial charge in [0.15, 0.2) is 0 Å². The van der Waals surface area contributed by atoms with E-state index in [1.807, 2.05) is 0 Å². The molecular formula is C14H17BrN2. The maximum absolute atomic E-state index is 3.62. The number of nitrogens with one attached hydrogen (secondary N) is 1. The fourth-order valence-electron chi connectivity index (χ4n) is 2.45. The molecule has 1 aromatic heterocycles. The van der Waals surface area contributed by atoms with Crippen molar-refractivity contribution in [3.63, 3.8) is 0 Å². The molecule has 0 unspecified atom stereocenters. The van der Waals surface area contributed by atoms with Gasteiger partial charge in [0.1, 0.15) is 0 Å². The summed E-state index contributed by atoms with van der Waals surface area (Å²) in [5.74, 6) is 0. The highest BCUT2D eigenvalue weighted by atomic mass is 79.9. The van der Waals surface area contributed by atoms with Gasteiger partial charge in [-0.05, 0) is 40.9 Å². The summed E-state index contributed by atoms with van der Waals surface area (Å²) in [5, 5.41) is 4.93. The molecule has 3 heteroatoms. The minimum Gasteiger partial charge on any atom is -0.346 e. The maximum atomic E-state index is 3.62. The zero-order chi connectivity index (χ0) is 11.8. The highest BCUT2D eigenvalue weighted by Crippen LogP contribution is 2.27. The molecule has 17 heavy (non-hydrogen) atoms. The van der Waals surface area contributed by atoms with Crippen molar-refractivity contribution in [2.45, 2.75) is 31.8 Å². The lowest BCUT2D eigenvalue weighted by molar-refractivity contribution is 0.336. The van der Waals surface area contributed by atoms with Crippen molar-refractivity contribution in [2.24, 2.45) is 7.05 Å². The van der Waals surface area contributed by atoms with Crippen molar-refractivity contribution < 1.29 is 0 Å². The van der Waals surface area contributed by atoms with E-state index in [4.69, 9.17) is 0 Å². The van der Waals surface area contributed by atoms with Crippen LogP contribution in [-0.4, -0.2) is 10.6 Å². The predicted molar refractivity (Wildman–Crippen MR) is 75.1 cm³/mol. The molecule has 1 N–H and O–H groups in total. The molecule has 0 radical (unpaired) electrons. The number of hydrogen-bond donors (Lipinski definition) is 1. The number of nitrogens with zero attached hydrogens (tertiary/aromatic N) is 1. The number of rotatable bonds is 3. The van der Waals surface area contributed by atoms with E-state index in [1.165, 1.54) is 40.3 Å². The van der Waals surface area contributed by atoms with E-state index in [9.17, 15) is 0 Å². The van der Waals surface area contributed by atoms with Crippen LogP contribution in [0.25, 0.3) is 10.9 Å². The Balaban J connectivity index is 1.88. The molecule has 1 fully saturated rings. The van der Waals surface area contributed by atoms with E-state index in [0.717, 1.165) is 12.6 Å². The molecule has 1 heterocycles. The first kappa shape index (κ1) is 11.3. The SMILES string of the molecule is Cn1c(CNC2CCC2)cc2cccc(Br)c21. The third-order valence-electron chi connectivity index (χ3n) is 3.78. The van der Waals surface area contributed by atoms with Crippen LogP contribution in [0, 0.1) is 0 Å². The predicted octanol–water partition coefficient (Wildman–Crippen LogP) is 3.58. The molecule has 0 amide bonds. The van der Waals surface area contributed by atoms with Crippen molar-refractivity contribution in [1.82, 2.24) is 9.88 Å². The average molecular weight is 293 g/mol. The highest BCUT2D eigenvalue weighted by Gasteiger charge is 2.17. The van der Waals surface area contributed by atoms with Gasteiger partial charge in [0, 0.05) is 35.2 Å². The second kappa shape index (κ2) is 4.46. The van der Waals surface area contributed by atoms with Crippen LogP contribution in [0.3, 0.4) is 0 Å². The molecule has 0 saturated heterocycles.